The number of rotatable bonds is 3. The molecule has 2 aromatic rings. The molecular weight excluding hydrogens is 255 g/mol. The first-order valence-corrected chi connectivity index (χ1v) is 5.76. The number of hydrogen-bond acceptors (Lipinski definition) is 3. The second-order valence-corrected chi connectivity index (χ2v) is 4.25. The van der Waals surface area contributed by atoms with E-state index in [4.69, 9.17) is 22.1 Å². The van der Waals surface area contributed by atoms with Gasteiger partial charge in [-0.25, -0.2) is 9.37 Å². The van der Waals surface area contributed by atoms with Crippen LogP contribution in [0.1, 0.15) is 11.1 Å². The fourth-order valence-electron chi connectivity index (χ4n) is 1.44. The maximum absolute atomic E-state index is 13.1. The lowest BCUT2D eigenvalue weighted by Crippen LogP contribution is -1.98. The molecule has 1 aromatic heterocycles. The van der Waals surface area contributed by atoms with E-state index >= 15 is 0 Å². The standard InChI is InChI=1S/C13H12ClFN2O/c1-8-4-10(2-3-12(8)15)18-13-11(14)5-9(6-16)7-17-13/h2-5,7H,6,16H2,1H3. The van der Waals surface area contributed by atoms with Gasteiger partial charge in [-0.3, -0.25) is 0 Å². The van der Waals surface area contributed by atoms with E-state index in [0.29, 0.717) is 22.9 Å². The molecule has 3 nitrogen and oxygen atoms in total. The normalized spacial score (nSPS) is 10.4. The highest BCUT2D eigenvalue weighted by Crippen LogP contribution is 2.28. The molecule has 0 saturated heterocycles. The van der Waals surface area contributed by atoms with Crippen LogP contribution >= 0.6 is 11.6 Å². The fourth-order valence-corrected chi connectivity index (χ4v) is 1.67. The van der Waals surface area contributed by atoms with E-state index in [1.165, 1.54) is 12.1 Å². The zero-order valence-corrected chi connectivity index (χ0v) is 10.5. The number of ether oxygens (including phenoxy) is 1. The van der Waals surface area contributed by atoms with Gasteiger partial charge in [0.1, 0.15) is 16.6 Å². The van der Waals surface area contributed by atoms with Crippen LogP contribution in [-0.2, 0) is 6.54 Å². The molecule has 18 heavy (non-hydrogen) atoms. The Morgan fingerprint density at radius 1 is 1.39 bits per heavy atom. The zero-order chi connectivity index (χ0) is 13.1. The minimum Gasteiger partial charge on any atom is -0.438 e. The number of aromatic nitrogens is 1. The largest absolute Gasteiger partial charge is 0.438 e. The molecule has 0 aliphatic heterocycles. The lowest BCUT2D eigenvalue weighted by Gasteiger charge is -2.08. The number of hydrogen-bond donors (Lipinski definition) is 1. The first-order chi connectivity index (χ1) is 8.60. The van der Waals surface area contributed by atoms with Crippen LogP contribution in [0.25, 0.3) is 0 Å². The van der Waals surface area contributed by atoms with E-state index in [9.17, 15) is 4.39 Å². The molecule has 0 spiro atoms. The van der Waals surface area contributed by atoms with Crippen molar-refractivity contribution in [3.8, 4) is 11.6 Å². The number of aryl methyl sites for hydroxylation is 1. The molecule has 0 bridgehead atoms. The van der Waals surface area contributed by atoms with Gasteiger partial charge in [-0.05, 0) is 42.3 Å². The number of nitrogens with zero attached hydrogens (tertiary/aromatic N) is 1. The van der Waals surface area contributed by atoms with Crippen molar-refractivity contribution in [2.45, 2.75) is 13.5 Å². The van der Waals surface area contributed by atoms with Crippen molar-refractivity contribution in [2.75, 3.05) is 0 Å². The summed E-state index contributed by atoms with van der Waals surface area (Å²) in [5.41, 5.74) is 6.80. The van der Waals surface area contributed by atoms with Gasteiger partial charge in [-0.1, -0.05) is 11.6 Å². The quantitative estimate of drug-likeness (QED) is 0.926. The van der Waals surface area contributed by atoms with Crippen molar-refractivity contribution in [3.63, 3.8) is 0 Å². The predicted octanol–water partition coefficient (Wildman–Crippen LogP) is 3.43. The van der Waals surface area contributed by atoms with Crippen LogP contribution in [0, 0.1) is 12.7 Å². The number of halogens is 2. The summed E-state index contributed by atoms with van der Waals surface area (Å²) in [6.45, 7) is 2.03. The summed E-state index contributed by atoms with van der Waals surface area (Å²) in [5.74, 6) is 0.489. The van der Waals surface area contributed by atoms with Crippen molar-refractivity contribution in [2.24, 2.45) is 5.73 Å². The first kappa shape index (κ1) is 12.8. The molecule has 0 radical (unpaired) electrons. The van der Waals surface area contributed by atoms with E-state index in [0.717, 1.165) is 5.56 Å². The minimum absolute atomic E-state index is 0.278. The lowest BCUT2D eigenvalue weighted by atomic mass is 10.2. The summed E-state index contributed by atoms with van der Waals surface area (Å²) in [6, 6.07) is 6.15. The van der Waals surface area contributed by atoms with E-state index < -0.39 is 0 Å². The topological polar surface area (TPSA) is 48.1 Å². The molecule has 2 N–H and O–H groups in total. The highest BCUT2D eigenvalue weighted by Gasteiger charge is 2.07. The Labute approximate surface area is 109 Å². The van der Waals surface area contributed by atoms with Crippen LogP contribution in [0.3, 0.4) is 0 Å². The molecule has 2 rings (SSSR count). The molecule has 0 aliphatic rings. The number of pyridine rings is 1. The van der Waals surface area contributed by atoms with E-state index in [-0.39, 0.29) is 11.7 Å². The molecule has 0 atom stereocenters. The average Bonchev–Trinajstić information content (AvgIpc) is 2.36. The molecule has 0 unspecified atom stereocenters. The van der Waals surface area contributed by atoms with Gasteiger partial charge in [0.15, 0.2) is 0 Å². The van der Waals surface area contributed by atoms with Crippen molar-refractivity contribution in [1.82, 2.24) is 4.98 Å². The van der Waals surface area contributed by atoms with Gasteiger partial charge in [-0.2, -0.15) is 0 Å². The molecule has 5 heteroatoms. The van der Waals surface area contributed by atoms with Crippen LogP contribution in [-0.4, -0.2) is 4.98 Å². The highest BCUT2D eigenvalue weighted by atomic mass is 35.5. The summed E-state index contributed by atoms with van der Waals surface area (Å²) in [7, 11) is 0. The van der Waals surface area contributed by atoms with Gasteiger partial charge in [-0.15, -0.1) is 0 Å². The second kappa shape index (κ2) is 5.33. The third-order valence-electron chi connectivity index (χ3n) is 2.44. The first-order valence-electron chi connectivity index (χ1n) is 5.38. The Morgan fingerprint density at radius 2 is 2.17 bits per heavy atom. The molecule has 1 heterocycles. The molecule has 1 aromatic carbocycles. The third-order valence-corrected chi connectivity index (χ3v) is 2.71. The van der Waals surface area contributed by atoms with Gasteiger partial charge in [0.2, 0.25) is 5.88 Å². The number of benzene rings is 1. The summed E-state index contributed by atoms with van der Waals surface area (Å²) in [6.07, 6.45) is 1.59. The molecule has 0 fully saturated rings. The zero-order valence-electron chi connectivity index (χ0n) is 9.78. The van der Waals surface area contributed by atoms with Crippen LogP contribution in [0.2, 0.25) is 5.02 Å². The molecule has 0 amide bonds. The van der Waals surface area contributed by atoms with Gasteiger partial charge < -0.3 is 10.5 Å². The fraction of sp³-hybridized carbons (Fsp3) is 0.154. The second-order valence-electron chi connectivity index (χ2n) is 3.85. The maximum atomic E-state index is 13.1. The third kappa shape index (κ3) is 2.78. The van der Waals surface area contributed by atoms with Crippen molar-refractivity contribution >= 4 is 11.6 Å². The van der Waals surface area contributed by atoms with E-state index in [2.05, 4.69) is 4.98 Å². The molecule has 0 saturated carbocycles. The van der Waals surface area contributed by atoms with Crippen LogP contribution in [0.4, 0.5) is 4.39 Å². The summed E-state index contributed by atoms with van der Waals surface area (Å²) in [5, 5.41) is 0.375. The van der Waals surface area contributed by atoms with Gasteiger partial charge in [0, 0.05) is 12.7 Å². The highest BCUT2D eigenvalue weighted by molar-refractivity contribution is 6.31. The van der Waals surface area contributed by atoms with Gasteiger partial charge in [0.25, 0.3) is 0 Å². The Kier molecular flexibility index (Phi) is 3.79. The van der Waals surface area contributed by atoms with Crippen LogP contribution in [0.5, 0.6) is 11.6 Å². The van der Waals surface area contributed by atoms with Crippen molar-refractivity contribution in [1.29, 1.82) is 0 Å². The van der Waals surface area contributed by atoms with Crippen molar-refractivity contribution < 1.29 is 9.13 Å². The van der Waals surface area contributed by atoms with Gasteiger partial charge >= 0.3 is 0 Å². The predicted molar refractivity (Wildman–Crippen MR) is 68.3 cm³/mol. The SMILES string of the molecule is Cc1cc(Oc2ncc(CN)cc2Cl)ccc1F. The summed E-state index contributed by atoms with van der Waals surface area (Å²) in [4.78, 5) is 4.07. The van der Waals surface area contributed by atoms with Crippen LogP contribution < -0.4 is 10.5 Å². The Bertz CT molecular complexity index is 575. The molecular formula is C13H12ClFN2O. The van der Waals surface area contributed by atoms with Gasteiger partial charge in [0.05, 0.1) is 0 Å². The molecule has 0 aliphatic carbocycles. The molecule has 94 valence electrons. The number of nitrogens with two attached hydrogens (primary N) is 1. The van der Waals surface area contributed by atoms with Crippen LogP contribution in [0.15, 0.2) is 30.5 Å². The van der Waals surface area contributed by atoms with Crippen molar-refractivity contribution in [3.05, 3.63) is 52.4 Å². The minimum atomic E-state index is -0.278. The smallest absolute Gasteiger partial charge is 0.238 e. The summed E-state index contributed by atoms with van der Waals surface area (Å²) < 4.78 is 18.6. The van der Waals surface area contributed by atoms with E-state index in [1.54, 1.807) is 25.3 Å². The monoisotopic (exact) mass is 266 g/mol. The summed E-state index contributed by atoms with van der Waals surface area (Å²) >= 11 is 6.01. The van der Waals surface area contributed by atoms with E-state index in [1.807, 2.05) is 0 Å². The maximum Gasteiger partial charge on any atom is 0.238 e. The average molecular weight is 267 g/mol. The Balaban J connectivity index is 2.25. The lowest BCUT2D eigenvalue weighted by molar-refractivity contribution is 0.460. The Morgan fingerprint density at radius 3 is 2.78 bits per heavy atom. The Hall–Kier alpha value is -1.65.